The summed E-state index contributed by atoms with van der Waals surface area (Å²) < 4.78 is 5.25. The zero-order valence-corrected chi connectivity index (χ0v) is 12.4. The Morgan fingerprint density at radius 2 is 1.95 bits per heavy atom. The Bertz CT molecular complexity index is 455. The van der Waals surface area contributed by atoms with Gasteiger partial charge >= 0.3 is 0 Å². The number of nitrogens with zero attached hydrogens (tertiary/aromatic N) is 1. The minimum atomic E-state index is -0.743. The van der Waals surface area contributed by atoms with Crippen molar-refractivity contribution in [3.05, 3.63) is 34.9 Å². The van der Waals surface area contributed by atoms with E-state index in [4.69, 9.17) is 16.3 Å². The van der Waals surface area contributed by atoms with Crippen molar-refractivity contribution in [2.75, 3.05) is 33.4 Å². The van der Waals surface area contributed by atoms with Crippen molar-refractivity contribution in [2.24, 2.45) is 0 Å². The predicted octanol–water partition coefficient (Wildman–Crippen LogP) is 2.00. The lowest BCUT2D eigenvalue weighted by atomic mass is 9.94. The highest BCUT2D eigenvalue weighted by atomic mass is 35.5. The van der Waals surface area contributed by atoms with Gasteiger partial charge in [-0.25, -0.2) is 0 Å². The van der Waals surface area contributed by atoms with Gasteiger partial charge in [0.1, 0.15) is 0 Å². The summed E-state index contributed by atoms with van der Waals surface area (Å²) in [6, 6.07) is 6.87. The van der Waals surface area contributed by atoms with E-state index in [-0.39, 0.29) is 12.3 Å². The summed E-state index contributed by atoms with van der Waals surface area (Å²) in [5.41, 5.74) is -0.104. The first kappa shape index (κ1) is 15.4. The highest BCUT2D eigenvalue weighted by Gasteiger charge is 2.31. The van der Waals surface area contributed by atoms with Crippen LogP contribution in [0.15, 0.2) is 24.3 Å². The molecular weight excluding hydrogens is 278 g/mol. The SMILES string of the molecule is CN(CC(=O)c1ccc(Cl)cc1)CC1(O)CCOCC1. The van der Waals surface area contributed by atoms with Crippen LogP contribution in [0.5, 0.6) is 0 Å². The van der Waals surface area contributed by atoms with Gasteiger partial charge in [-0.3, -0.25) is 9.69 Å². The van der Waals surface area contributed by atoms with E-state index in [0.717, 1.165) is 0 Å². The Morgan fingerprint density at radius 3 is 2.55 bits per heavy atom. The van der Waals surface area contributed by atoms with E-state index in [9.17, 15) is 9.90 Å². The van der Waals surface area contributed by atoms with Gasteiger partial charge in [0.05, 0.1) is 12.1 Å². The van der Waals surface area contributed by atoms with E-state index in [1.54, 1.807) is 24.3 Å². The molecule has 2 rings (SSSR count). The van der Waals surface area contributed by atoms with E-state index in [1.165, 1.54) is 0 Å². The van der Waals surface area contributed by atoms with E-state index in [1.807, 2.05) is 11.9 Å². The normalized spacial score (nSPS) is 18.2. The quantitative estimate of drug-likeness (QED) is 0.845. The molecule has 5 heteroatoms. The van der Waals surface area contributed by atoms with Crippen LogP contribution in [0.25, 0.3) is 0 Å². The van der Waals surface area contributed by atoms with Crippen molar-refractivity contribution in [3.63, 3.8) is 0 Å². The molecule has 1 saturated heterocycles. The van der Waals surface area contributed by atoms with Gasteiger partial charge in [0, 0.05) is 43.2 Å². The van der Waals surface area contributed by atoms with Crippen LogP contribution >= 0.6 is 11.6 Å². The van der Waals surface area contributed by atoms with Gasteiger partial charge in [0.15, 0.2) is 5.78 Å². The third kappa shape index (κ3) is 4.28. The Kier molecular flexibility index (Phi) is 5.16. The van der Waals surface area contributed by atoms with Crippen LogP contribution in [0.2, 0.25) is 5.02 Å². The Hall–Kier alpha value is -0.940. The lowest BCUT2D eigenvalue weighted by Crippen LogP contribution is -2.46. The van der Waals surface area contributed by atoms with Crippen LogP contribution in [0.1, 0.15) is 23.2 Å². The number of benzene rings is 1. The summed E-state index contributed by atoms with van der Waals surface area (Å²) in [6.07, 6.45) is 1.24. The third-order valence-corrected chi connectivity index (χ3v) is 3.82. The standard InChI is InChI=1S/C15H20ClNO3/c1-17(11-15(19)6-8-20-9-7-15)10-14(18)12-2-4-13(16)5-3-12/h2-5,19H,6-11H2,1H3. The van der Waals surface area contributed by atoms with Crippen LogP contribution in [-0.4, -0.2) is 54.7 Å². The second kappa shape index (κ2) is 6.68. The Morgan fingerprint density at radius 1 is 1.35 bits per heavy atom. The zero-order chi connectivity index (χ0) is 14.6. The largest absolute Gasteiger partial charge is 0.388 e. The average molecular weight is 298 g/mol. The van der Waals surface area contributed by atoms with Crippen molar-refractivity contribution in [3.8, 4) is 0 Å². The van der Waals surface area contributed by atoms with Crippen LogP contribution < -0.4 is 0 Å². The number of ketones is 1. The van der Waals surface area contributed by atoms with Gasteiger partial charge in [-0.05, 0) is 31.3 Å². The van der Waals surface area contributed by atoms with E-state index < -0.39 is 5.60 Å². The molecule has 1 aliphatic rings. The summed E-state index contributed by atoms with van der Waals surface area (Å²) in [6.45, 7) is 1.92. The smallest absolute Gasteiger partial charge is 0.176 e. The molecule has 0 bridgehead atoms. The van der Waals surface area contributed by atoms with Gasteiger partial charge < -0.3 is 9.84 Å². The van der Waals surface area contributed by atoms with Crippen LogP contribution in [0.3, 0.4) is 0 Å². The molecule has 0 aromatic heterocycles. The Balaban J connectivity index is 1.89. The fourth-order valence-electron chi connectivity index (χ4n) is 2.44. The monoisotopic (exact) mass is 297 g/mol. The summed E-state index contributed by atoms with van der Waals surface area (Å²) in [4.78, 5) is 14.0. The molecule has 0 unspecified atom stereocenters. The fraction of sp³-hybridized carbons (Fsp3) is 0.533. The van der Waals surface area contributed by atoms with Gasteiger partial charge in [0.25, 0.3) is 0 Å². The van der Waals surface area contributed by atoms with Crippen molar-refractivity contribution in [2.45, 2.75) is 18.4 Å². The molecule has 1 aliphatic heterocycles. The number of ether oxygens (including phenoxy) is 1. The maximum Gasteiger partial charge on any atom is 0.176 e. The molecule has 20 heavy (non-hydrogen) atoms. The van der Waals surface area contributed by atoms with Crippen molar-refractivity contribution in [1.29, 1.82) is 0 Å². The minimum Gasteiger partial charge on any atom is -0.388 e. The van der Waals surface area contributed by atoms with Gasteiger partial charge in [0.2, 0.25) is 0 Å². The summed E-state index contributed by atoms with van der Waals surface area (Å²) in [5, 5.41) is 11.0. The highest BCUT2D eigenvalue weighted by Crippen LogP contribution is 2.21. The van der Waals surface area contributed by atoms with Gasteiger partial charge in [-0.15, -0.1) is 0 Å². The molecule has 0 aliphatic carbocycles. The van der Waals surface area contributed by atoms with Crippen LogP contribution in [0, 0.1) is 0 Å². The molecule has 110 valence electrons. The number of carbonyl (C=O) groups excluding carboxylic acids is 1. The molecule has 1 aromatic rings. The van der Waals surface area contributed by atoms with Crippen molar-refractivity contribution >= 4 is 17.4 Å². The third-order valence-electron chi connectivity index (χ3n) is 3.57. The molecule has 0 atom stereocenters. The maximum absolute atomic E-state index is 12.1. The topological polar surface area (TPSA) is 49.8 Å². The summed E-state index contributed by atoms with van der Waals surface area (Å²) in [5.74, 6) is 0.0276. The minimum absolute atomic E-state index is 0.0276. The molecule has 0 spiro atoms. The molecule has 1 heterocycles. The number of hydrogen-bond donors (Lipinski definition) is 1. The van der Waals surface area contributed by atoms with Crippen molar-refractivity contribution < 1.29 is 14.6 Å². The van der Waals surface area contributed by atoms with E-state index >= 15 is 0 Å². The van der Waals surface area contributed by atoms with Crippen LogP contribution in [0.4, 0.5) is 0 Å². The van der Waals surface area contributed by atoms with E-state index in [2.05, 4.69) is 0 Å². The number of halogens is 1. The average Bonchev–Trinajstić information content (AvgIpc) is 2.39. The molecule has 1 fully saturated rings. The lowest BCUT2D eigenvalue weighted by Gasteiger charge is -2.35. The first-order valence-electron chi connectivity index (χ1n) is 6.76. The molecular formula is C15H20ClNO3. The number of aliphatic hydroxyl groups is 1. The predicted molar refractivity (Wildman–Crippen MR) is 78.3 cm³/mol. The summed E-state index contributed by atoms with van der Waals surface area (Å²) in [7, 11) is 1.85. The number of likely N-dealkylation sites (N-methyl/N-ethyl adjacent to an activating group) is 1. The lowest BCUT2D eigenvalue weighted by molar-refractivity contribution is -0.0758. The molecule has 1 N–H and O–H groups in total. The van der Waals surface area contributed by atoms with Gasteiger partial charge in [-0.1, -0.05) is 11.6 Å². The van der Waals surface area contributed by atoms with Crippen LogP contribution in [-0.2, 0) is 4.74 Å². The molecule has 0 saturated carbocycles. The van der Waals surface area contributed by atoms with Crippen molar-refractivity contribution in [1.82, 2.24) is 4.90 Å². The Labute approximate surface area is 124 Å². The number of hydrogen-bond acceptors (Lipinski definition) is 4. The molecule has 0 amide bonds. The molecule has 1 aromatic carbocycles. The summed E-state index contributed by atoms with van der Waals surface area (Å²) >= 11 is 5.80. The molecule has 0 radical (unpaired) electrons. The first-order chi connectivity index (χ1) is 9.48. The second-order valence-electron chi connectivity index (χ2n) is 5.44. The number of rotatable bonds is 5. The number of Topliss-reactive ketones (excluding diaryl/α,β-unsaturated/α-hetero) is 1. The first-order valence-corrected chi connectivity index (χ1v) is 7.14. The maximum atomic E-state index is 12.1. The fourth-order valence-corrected chi connectivity index (χ4v) is 2.57. The van der Waals surface area contributed by atoms with Gasteiger partial charge in [-0.2, -0.15) is 0 Å². The molecule has 4 nitrogen and oxygen atoms in total. The zero-order valence-electron chi connectivity index (χ0n) is 11.6. The second-order valence-corrected chi connectivity index (χ2v) is 5.88. The highest BCUT2D eigenvalue weighted by molar-refractivity contribution is 6.30. The van der Waals surface area contributed by atoms with E-state index in [0.29, 0.717) is 43.2 Å². The number of carbonyl (C=O) groups is 1.